The second-order valence-electron chi connectivity index (χ2n) is 4.46. The highest BCUT2D eigenvalue weighted by Crippen LogP contribution is 2.19. The van der Waals surface area contributed by atoms with Gasteiger partial charge in [-0.15, -0.1) is 0 Å². The standard InChI is InChI=1S/C11H16BrN3OS/c1-5-8(15-17(16)11(2,3)4)9-6-7-13-10(12)14-9/h6-7H,5H2,1-4H3/b15-8+. The van der Waals surface area contributed by atoms with Gasteiger partial charge in [-0.05, 0) is 49.2 Å². The molecule has 1 aromatic heterocycles. The largest absolute Gasteiger partial charge is 0.591 e. The van der Waals surface area contributed by atoms with Crippen molar-refractivity contribution in [1.29, 1.82) is 0 Å². The van der Waals surface area contributed by atoms with Gasteiger partial charge in [0, 0.05) is 6.20 Å². The first kappa shape index (κ1) is 14.6. The first-order valence-corrected chi connectivity index (χ1v) is 7.23. The molecule has 0 saturated heterocycles. The maximum atomic E-state index is 12.0. The first-order valence-electron chi connectivity index (χ1n) is 5.33. The molecule has 0 aliphatic heterocycles. The maximum absolute atomic E-state index is 12.0. The number of rotatable bonds is 3. The quantitative estimate of drug-likeness (QED) is 0.489. The van der Waals surface area contributed by atoms with E-state index in [2.05, 4.69) is 30.3 Å². The van der Waals surface area contributed by atoms with Gasteiger partial charge in [0.1, 0.15) is 21.8 Å². The average molecular weight is 318 g/mol. The Morgan fingerprint density at radius 2 is 2.18 bits per heavy atom. The van der Waals surface area contributed by atoms with Gasteiger partial charge in [-0.2, -0.15) is 0 Å². The van der Waals surface area contributed by atoms with Crippen LogP contribution in [-0.2, 0) is 11.4 Å². The Bertz CT molecular complexity index is 417. The molecule has 94 valence electrons. The Labute approximate surface area is 113 Å². The predicted molar refractivity (Wildman–Crippen MR) is 74.5 cm³/mol. The number of aromatic nitrogens is 2. The Morgan fingerprint density at radius 3 is 2.65 bits per heavy atom. The molecule has 0 aliphatic carbocycles. The van der Waals surface area contributed by atoms with Crippen molar-refractivity contribution in [3.8, 4) is 0 Å². The fourth-order valence-electron chi connectivity index (χ4n) is 1.03. The van der Waals surface area contributed by atoms with Gasteiger partial charge in [-0.25, -0.2) is 9.97 Å². The van der Waals surface area contributed by atoms with Gasteiger partial charge < -0.3 is 4.55 Å². The summed E-state index contributed by atoms with van der Waals surface area (Å²) in [5, 5.41) is 0. The van der Waals surface area contributed by atoms with Crippen LogP contribution in [0, 0.1) is 0 Å². The highest BCUT2D eigenvalue weighted by atomic mass is 79.9. The van der Waals surface area contributed by atoms with Gasteiger partial charge in [-0.1, -0.05) is 11.3 Å². The third kappa shape index (κ3) is 4.37. The van der Waals surface area contributed by atoms with E-state index in [0.717, 1.165) is 5.71 Å². The molecule has 0 bridgehead atoms. The fraction of sp³-hybridized carbons (Fsp3) is 0.545. The summed E-state index contributed by atoms with van der Waals surface area (Å²) in [5.74, 6) is 0. The molecule has 1 unspecified atom stereocenters. The van der Waals surface area contributed by atoms with E-state index < -0.39 is 11.4 Å². The molecule has 1 atom stereocenters. The average Bonchev–Trinajstić information content (AvgIpc) is 2.24. The minimum atomic E-state index is -1.26. The number of hydrogen-bond donors (Lipinski definition) is 0. The van der Waals surface area contributed by atoms with Crippen LogP contribution in [0.2, 0.25) is 0 Å². The van der Waals surface area contributed by atoms with Crippen molar-refractivity contribution in [2.75, 3.05) is 0 Å². The van der Waals surface area contributed by atoms with Gasteiger partial charge in [0.2, 0.25) is 0 Å². The molecule has 1 rings (SSSR count). The van der Waals surface area contributed by atoms with Crippen LogP contribution >= 0.6 is 15.9 Å². The summed E-state index contributed by atoms with van der Waals surface area (Å²) in [6.45, 7) is 7.66. The van der Waals surface area contributed by atoms with E-state index in [-0.39, 0.29) is 4.75 Å². The molecule has 0 fully saturated rings. The van der Waals surface area contributed by atoms with Gasteiger partial charge in [0.05, 0.1) is 5.69 Å². The van der Waals surface area contributed by atoms with Crippen molar-refractivity contribution in [2.24, 2.45) is 4.40 Å². The molecule has 0 aliphatic rings. The monoisotopic (exact) mass is 317 g/mol. The third-order valence-corrected chi connectivity index (χ3v) is 3.79. The van der Waals surface area contributed by atoms with Crippen LogP contribution < -0.4 is 0 Å². The van der Waals surface area contributed by atoms with Crippen LogP contribution in [0.5, 0.6) is 0 Å². The zero-order valence-electron chi connectivity index (χ0n) is 10.4. The minimum Gasteiger partial charge on any atom is -0.591 e. The van der Waals surface area contributed by atoms with Crippen molar-refractivity contribution in [2.45, 2.75) is 38.9 Å². The van der Waals surface area contributed by atoms with Crippen molar-refractivity contribution in [3.05, 3.63) is 22.7 Å². The van der Waals surface area contributed by atoms with Crippen LogP contribution in [-0.4, -0.2) is 25.0 Å². The van der Waals surface area contributed by atoms with E-state index in [1.54, 1.807) is 12.3 Å². The molecule has 0 saturated carbocycles. The van der Waals surface area contributed by atoms with Crippen LogP contribution in [0.25, 0.3) is 0 Å². The van der Waals surface area contributed by atoms with E-state index in [4.69, 9.17) is 0 Å². The van der Waals surface area contributed by atoms with Gasteiger partial charge >= 0.3 is 0 Å². The third-order valence-electron chi connectivity index (χ3n) is 1.97. The first-order chi connectivity index (χ1) is 7.84. The molecule has 4 nitrogen and oxygen atoms in total. The lowest BCUT2D eigenvalue weighted by Crippen LogP contribution is -2.27. The highest BCUT2D eigenvalue weighted by Gasteiger charge is 2.27. The summed E-state index contributed by atoms with van der Waals surface area (Å²) in [6.07, 6.45) is 2.34. The SMILES string of the molecule is CC/C(=N\[S+]([O-])C(C)(C)C)c1ccnc(Br)n1. The Hall–Kier alpha value is -0.460. The summed E-state index contributed by atoms with van der Waals surface area (Å²) in [6, 6.07) is 1.77. The van der Waals surface area contributed by atoms with Crippen LogP contribution in [0.15, 0.2) is 21.4 Å². The number of halogens is 1. The van der Waals surface area contributed by atoms with E-state index in [1.807, 2.05) is 27.7 Å². The molecule has 0 radical (unpaired) electrons. The van der Waals surface area contributed by atoms with E-state index in [0.29, 0.717) is 16.8 Å². The van der Waals surface area contributed by atoms with Gasteiger partial charge in [-0.3, -0.25) is 0 Å². The zero-order chi connectivity index (χ0) is 13.1. The minimum absolute atomic E-state index is 0.356. The van der Waals surface area contributed by atoms with E-state index >= 15 is 0 Å². The van der Waals surface area contributed by atoms with Crippen molar-refractivity contribution in [1.82, 2.24) is 9.97 Å². The molecule has 6 heteroatoms. The van der Waals surface area contributed by atoms with Gasteiger partial charge in [0.25, 0.3) is 0 Å². The summed E-state index contributed by atoms with van der Waals surface area (Å²) >= 11 is 1.95. The molecule has 1 aromatic rings. The summed E-state index contributed by atoms with van der Waals surface area (Å²) in [5.41, 5.74) is 1.45. The second-order valence-corrected chi connectivity index (χ2v) is 7.08. The molecule has 0 N–H and O–H groups in total. The normalized spacial score (nSPS) is 14.8. The molecule has 0 spiro atoms. The van der Waals surface area contributed by atoms with Crippen LogP contribution in [0.4, 0.5) is 0 Å². The van der Waals surface area contributed by atoms with E-state index in [1.165, 1.54) is 0 Å². The summed E-state index contributed by atoms with van der Waals surface area (Å²) in [4.78, 5) is 8.18. The second kappa shape index (κ2) is 5.93. The number of hydrogen-bond acceptors (Lipinski definition) is 4. The van der Waals surface area contributed by atoms with Crippen molar-refractivity contribution < 1.29 is 4.55 Å². The van der Waals surface area contributed by atoms with Crippen LogP contribution in [0.3, 0.4) is 0 Å². The molecular formula is C11H16BrN3OS. The van der Waals surface area contributed by atoms with Crippen molar-refractivity contribution >= 4 is 33.0 Å². The molecule has 1 heterocycles. The highest BCUT2D eigenvalue weighted by molar-refractivity contribution is 9.10. The van der Waals surface area contributed by atoms with E-state index in [9.17, 15) is 4.55 Å². The zero-order valence-corrected chi connectivity index (χ0v) is 12.8. The lowest BCUT2D eigenvalue weighted by atomic mass is 10.2. The topological polar surface area (TPSA) is 61.2 Å². The smallest absolute Gasteiger partial charge is 0.197 e. The Balaban J connectivity index is 3.03. The Kier molecular flexibility index (Phi) is 5.09. The summed E-state index contributed by atoms with van der Waals surface area (Å²) < 4.78 is 16.4. The van der Waals surface area contributed by atoms with Crippen LogP contribution in [0.1, 0.15) is 39.8 Å². The van der Waals surface area contributed by atoms with Crippen molar-refractivity contribution in [3.63, 3.8) is 0 Å². The lowest BCUT2D eigenvalue weighted by Gasteiger charge is -2.19. The predicted octanol–water partition coefficient (Wildman–Crippen LogP) is 2.90. The Morgan fingerprint density at radius 1 is 1.53 bits per heavy atom. The number of nitrogens with zero attached hydrogens (tertiary/aromatic N) is 3. The van der Waals surface area contributed by atoms with Gasteiger partial charge in [0.15, 0.2) is 4.73 Å². The summed E-state index contributed by atoms with van der Waals surface area (Å²) in [7, 11) is 0. The molecule has 17 heavy (non-hydrogen) atoms. The molecular weight excluding hydrogens is 302 g/mol. The lowest BCUT2D eigenvalue weighted by molar-refractivity contribution is 0.561. The maximum Gasteiger partial charge on any atom is 0.197 e. The molecule has 0 aromatic carbocycles. The molecule has 0 amide bonds. The fourth-order valence-corrected chi connectivity index (χ4v) is 2.03.